The van der Waals surface area contributed by atoms with E-state index < -0.39 is 35.1 Å². The molecule has 0 unspecified atom stereocenters. The molecule has 170 valence electrons. The van der Waals surface area contributed by atoms with E-state index in [0.29, 0.717) is 22.7 Å². The SMILES string of the molecule is CC(C)(C)C[C@H]1N[C@@H](C(N)=O)[C@H](c2ccc(F)c(Cl)c2)[C@@]12C(=O)Nc1cc(Cl)c(I)cc12. The normalized spacial score (nSPS) is 27.0. The maximum Gasteiger partial charge on any atom is 0.237 e. The summed E-state index contributed by atoms with van der Waals surface area (Å²) in [4.78, 5) is 26.4. The van der Waals surface area contributed by atoms with Gasteiger partial charge in [-0.1, -0.05) is 50.0 Å². The summed E-state index contributed by atoms with van der Waals surface area (Å²) in [5, 5.41) is 6.78. The molecule has 4 rings (SSSR count). The van der Waals surface area contributed by atoms with Crippen LogP contribution in [-0.4, -0.2) is 23.9 Å². The van der Waals surface area contributed by atoms with Crippen LogP contribution in [0.4, 0.5) is 10.1 Å². The zero-order valence-electron chi connectivity index (χ0n) is 17.7. The number of carbonyl (C=O) groups excluding carboxylic acids is 2. The molecule has 4 atom stereocenters. The van der Waals surface area contributed by atoms with Crippen LogP contribution in [0.3, 0.4) is 0 Å². The molecule has 1 saturated heterocycles. The lowest BCUT2D eigenvalue weighted by Gasteiger charge is -2.37. The van der Waals surface area contributed by atoms with Gasteiger partial charge in [0.1, 0.15) is 11.2 Å². The van der Waals surface area contributed by atoms with E-state index in [2.05, 4.69) is 54.0 Å². The third-order valence-electron chi connectivity index (χ3n) is 6.31. The molecule has 5 nitrogen and oxygen atoms in total. The molecule has 4 N–H and O–H groups in total. The molecule has 9 heteroatoms. The first-order valence-electron chi connectivity index (χ1n) is 10.2. The lowest BCUT2D eigenvalue weighted by molar-refractivity contribution is -0.122. The fourth-order valence-corrected chi connectivity index (χ4v) is 5.98. The Labute approximate surface area is 209 Å². The quantitative estimate of drug-likeness (QED) is 0.442. The molecular formula is C23H23Cl2FIN3O2. The van der Waals surface area contributed by atoms with E-state index in [-0.39, 0.29) is 16.3 Å². The number of anilines is 1. The van der Waals surface area contributed by atoms with Gasteiger partial charge in [-0.3, -0.25) is 9.59 Å². The molecule has 0 aliphatic carbocycles. The van der Waals surface area contributed by atoms with Crippen molar-refractivity contribution in [3.8, 4) is 0 Å². The number of hydrogen-bond donors (Lipinski definition) is 3. The Morgan fingerprint density at radius 3 is 2.50 bits per heavy atom. The number of hydrogen-bond acceptors (Lipinski definition) is 3. The number of amides is 2. The number of nitrogens with one attached hydrogen (secondary N) is 2. The van der Waals surface area contributed by atoms with Gasteiger partial charge in [0.05, 0.1) is 16.1 Å². The van der Waals surface area contributed by atoms with Crippen LogP contribution in [-0.2, 0) is 15.0 Å². The molecule has 32 heavy (non-hydrogen) atoms. The van der Waals surface area contributed by atoms with Crippen molar-refractivity contribution in [1.82, 2.24) is 5.32 Å². The first-order chi connectivity index (χ1) is 14.9. The third kappa shape index (κ3) is 3.71. The summed E-state index contributed by atoms with van der Waals surface area (Å²) in [5.74, 6) is -2.10. The van der Waals surface area contributed by atoms with Gasteiger partial charge in [-0.25, -0.2) is 4.39 Å². The molecule has 1 spiro atoms. The number of rotatable bonds is 3. The molecule has 2 aliphatic heterocycles. The third-order valence-corrected chi connectivity index (χ3v) is 8.12. The molecule has 0 radical (unpaired) electrons. The van der Waals surface area contributed by atoms with Gasteiger partial charge >= 0.3 is 0 Å². The smallest absolute Gasteiger partial charge is 0.237 e. The van der Waals surface area contributed by atoms with E-state index in [1.54, 1.807) is 12.1 Å². The molecule has 2 heterocycles. The standard InChI is InChI=1S/C23H23Cl2FIN3O2/c1-22(2,3)9-17-23(11-7-15(27)13(25)8-16(11)29-21(23)32)18(19(30-17)20(28)31)10-4-5-14(26)12(24)6-10/h4-8,17-19,30H,9H2,1-3H3,(H2,28,31)(H,29,32)/t17-,18+,19-,23+/m1/s1. The van der Waals surface area contributed by atoms with E-state index in [1.807, 2.05) is 6.07 Å². The zero-order valence-corrected chi connectivity index (χ0v) is 21.4. The van der Waals surface area contributed by atoms with Gasteiger partial charge in [-0.2, -0.15) is 0 Å². The van der Waals surface area contributed by atoms with E-state index in [9.17, 15) is 14.0 Å². The summed E-state index contributed by atoms with van der Waals surface area (Å²) in [6, 6.07) is 6.64. The maximum absolute atomic E-state index is 14.0. The minimum atomic E-state index is -1.16. The molecule has 0 aromatic heterocycles. The van der Waals surface area contributed by atoms with Crippen LogP contribution in [0.15, 0.2) is 30.3 Å². The van der Waals surface area contributed by atoms with E-state index in [0.717, 1.165) is 9.13 Å². The molecule has 2 aliphatic rings. The average Bonchev–Trinajstić information content (AvgIpc) is 3.14. The second-order valence-electron chi connectivity index (χ2n) is 9.65. The predicted octanol–water partition coefficient (Wildman–Crippen LogP) is 4.97. The van der Waals surface area contributed by atoms with Gasteiger partial charge in [0.15, 0.2) is 0 Å². The predicted molar refractivity (Wildman–Crippen MR) is 133 cm³/mol. The summed E-state index contributed by atoms with van der Waals surface area (Å²) >= 11 is 14.6. The van der Waals surface area contributed by atoms with E-state index >= 15 is 0 Å². The first-order valence-corrected chi connectivity index (χ1v) is 12.0. The summed E-state index contributed by atoms with van der Waals surface area (Å²) in [7, 11) is 0. The number of nitrogens with two attached hydrogens (primary N) is 1. The highest BCUT2D eigenvalue weighted by Crippen LogP contribution is 2.57. The van der Waals surface area contributed by atoms with Gasteiger partial charge in [-0.15, -0.1) is 0 Å². The summed E-state index contributed by atoms with van der Waals surface area (Å²) in [6.07, 6.45) is 0.592. The number of carbonyl (C=O) groups is 2. The highest BCUT2D eigenvalue weighted by molar-refractivity contribution is 14.1. The molecular weight excluding hydrogens is 567 g/mol. The number of benzene rings is 2. The Hall–Kier alpha value is -1.42. The molecule has 0 saturated carbocycles. The van der Waals surface area contributed by atoms with Crippen molar-refractivity contribution in [1.29, 1.82) is 0 Å². The van der Waals surface area contributed by atoms with Crippen LogP contribution in [0.2, 0.25) is 10.0 Å². The second-order valence-corrected chi connectivity index (χ2v) is 11.6. The lowest BCUT2D eigenvalue weighted by Crippen LogP contribution is -2.49. The zero-order chi connectivity index (χ0) is 23.6. The van der Waals surface area contributed by atoms with Crippen LogP contribution in [0.1, 0.15) is 44.2 Å². The average molecular weight is 590 g/mol. The highest BCUT2D eigenvalue weighted by Gasteiger charge is 2.65. The Kier molecular flexibility index (Phi) is 6.01. The van der Waals surface area contributed by atoms with Crippen molar-refractivity contribution in [3.05, 3.63) is 60.9 Å². The van der Waals surface area contributed by atoms with Crippen LogP contribution in [0, 0.1) is 14.8 Å². The molecule has 2 aromatic rings. The van der Waals surface area contributed by atoms with Gasteiger partial charge in [0.2, 0.25) is 11.8 Å². The minimum Gasteiger partial charge on any atom is -0.368 e. The Morgan fingerprint density at radius 1 is 1.22 bits per heavy atom. The lowest BCUT2D eigenvalue weighted by atomic mass is 9.62. The maximum atomic E-state index is 14.0. The largest absolute Gasteiger partial charge is 0.368 e. The van der Waals surface area contributed by atoms with Crippen molar-refractivity contribution in [2.45, 2.75) is 50.6 Å². The molecule has 2 aromatic carbocycles. The van der Waals surface area contributed by atoms with Crippen LogP contribution >= 0.6 is 45.8 Å². The van der Waals surface area contributed by atoms with E-state index in [1.165, 1.54) is 12.1 Å². The van der Waals surface area contributed by atoms with Gasteiger partial charge in [0, 0.05) is 21.2 Å². The fourth-order valence-electron chi connectivity index (χ4n) is 5.16. The van der Waals surface area contributed by atoms with Crippen molar-refractivity contribution in [2.24, 2.45) is 11.1 Å². The molecule has 1 fully saturated rings. The highest BCUT2D eigenvalue weighted by atomic mass is 127. The van der Waals surface area contributed by atoms with Gasteiger partial charge in [-0.05, 0) is 69.8 Å². The first kappa shape index (κ1) is 23.7. The van der Waals surface area contributed by atoms with Gasteiger partial charge < -0.3 is 16.4 Å². The fraction of sp³-hybridized carbons (Fsp3) is 0.391. The molecule has 2 amide bonds. The van der Waals surface area contributed by atoms with Crippen LogP contribution in [0.5, 0.6) is 0 Å². The Balaban J connectivity index is 2.03. The second kappa shape index (κ2) is 8.11. The Morgan fingerprint density at radius 2 is 1.91 bits per heavy atom. The van der Waals surface area contributed by atoms with Crippen molar-refractivity contribution in [3.63, 3.8) is 0 Å². The topological polar surface area (TPSA) is 84.2 Å². The number of halogens is 4. The van der Waals surface area contributed by atoms with E-state index in [4.69, 9.17) is 28.9 Å². The van der Waals surface area contributed by atoms with Crippen molar-refractivity contribution in [2.75, 3.05) is 5.32 Å². The molecule has 0 bridgehead atoms. The summed E-state index contributed by atoms with van der Waals surface area (Å²) in [6.45, 7) is 6.22. The van der Waals surface area contributed by atoms with Crippen LogP contribution < -0.4 is 16.4 Å². The van der Waals surface area contributed by atoms with Gasteiger partial charge in [0.25, 0.3) is 0 Å². The van der Waals surface area contributed by atoms with Crippen LogP contribution in [0.25, 0.3) is 0 Å². The number of primary amides is 1. The van der Waals surface area contributed by atoms with Crippen molar-refractivity contribution < 1.29 is 14.0 Å². The summed E-state index contributed by atoms with van der Waals surface area (Å²) in [5.41, 5.74) is 6.42. The number of fused-ring (bicyclic) bond motifs is 2. The Bertz CT molecular complexity index is 1140. The van der Waals surface area contributed by atoms with Crippen molar-refractivity contribution >= 4 is 63.3 Å². The monoisotopic (exact) mass is 589 g/mol. The minimum absolute atomic E-state index is 0.0792. The summed E-state index contributed by atoms with van der Waals surface area (Å²) < 4.78 is 14.8.